The van der Waals surface area contributed by atoms with Gasteiger partial charge in [0.25, 0.3) is 0 Å². The molecule has 1 aromatic heterocycles. The largest absolute Gasteiger partial charge is 0.378 e. The van der Waals surface area contributed by atoms with E-state index in [-0.39, 0.29) is 5.41 Å². The van der Waals surface area contributed by atoms with E-state index in [1.807, 2.05) is 0 Å². The second kappa shape index (κ2) is 4.52. The molecule has 0 amide bonds. The van der Waals surface area contributed by atoms with Crippen LogP contribution < -0.4 is 10.2 Å². The van der Waals surface area contributed by atoms with Gasteiger partial charge in [-0.15, -0.1) is 0 Å². The SMILES string of the molecule is CC1(C)CNCc2ccc(N3CCOCC3)nc21. The van der Waals surface area contributed by atoms with Crippen LogP contribution in [0.5, 0.6) is 0 Å². The molecule has 0 saturated carbocycles. The molecule has 3 rings (SSSR count). The molecule has 0 aliphatic carbocycles. The van der Waals surface area contributed by atoms with Gasteiger partial charge in [-0.05, 0) is 11.6 Å². The molecule has 0 unspecified atom stereocenters. The van der Waals surface area contributed by atoms with Crippen molar-refractivity contribution in [2.75, 3.05) is 37.7 Å². The summed E-state index contributed by atoms with van der Waals surface area (Å²) in [5, 5.41) is 3.46. The third-order valence-electron chi connectivity index (χ3n) is 3.82. The topological polar surface area (TPSA) is 37.4 Å². The fourth-order valence-electron chi connectivity index (χ4n) is 2.77. The highest BCUT2D eigenvalue weighted by molar-refractivity contribution is 5.44. The van der Waals surface area contributed by atoms with Crippen molar-refractivity contribution in [3.63, 3.8) is 0 Å². The van der Waals surface area contributed by atoms with E-state index in [0.717, 1.165) is 45.2 Å². The van der Waals surface area contributed by atoms with E-state index >= 15 is 0 Å². The lowest BCUT2D eigenvalue weighted by Crippen LogP contribution is -2.41. The lowest BCUT2D eigenvalue weighted by molar-refractivity contribution is 0.122. The monoisotopic (exact) mass is 247 g/mol. The standard InChI is InChI=1S/C14H21N3O/c1-14(2)10-15-9-11-3-4-12(16-13(11)14)17-5-7-18-8-6-17/h3-4,15H,5-10H2,1-2H3. The van der Waals surface area contributed by atoms with Crippen LogP contribution in [0.15, 0.2) is 12.1 Å². The van der Waals surface area contributed by atoms with Crippen LogP contribution >= 0.6 is 0 Å². The number of aromatic nitrogens is 1. The molecule has 0 aromatic carbocycles. The first kappa shape index (κ1) is 11.9. The minimum absolute atomic E-state index is 0.121. The fraction of sp³-hybridized carbons (Fsp3) is 0.643. The first-order valence-corrected chi connectivity index (χ1v) is 6.71. The van der Waals surface area contributed by atoms with Crippen molar-refractivity contribution in [3.05, 3.63) is 23.4 Å². The zero-order valence-electron chi connectivity index (χ0n) is 11.2. The van der Waals surface area contributed by atoms with Crippen molar-refractivity contribution >= 4 is 5.82 Å². The van der Waals surface area contributed by atoms with Crippen LogP contribution in [0.3, 0.4) is 0 Å². The van der Waals surface area contributed by atoms with Gasteiger partial charge in [0, 0.05) is 31.6 Å². The summed E-state index contributed by atoms with van der Waals surface area (Å²) in [6.45, 7) is 9.97. The van der Waals surface area contributed by atoms with Crippen molar-refractivity contribution in [1.29, 1.82) is 0 Å². The third-order valence-corrected chi connectivity index (χ3v) is 3.82. The molecular weight excluding hydrogens is 226 g/mol. The maximum atomic E-state index is 5.40. The smallest absolute Gasteiger partial charge is 0.129 e. The molecule has 2 aliphatic rings. The highest BCUT2D eigenvalue weighted by Gasteiger charge is 2.29. The number of fused-ring (bicyclic) bond motifs is 1. The van der Waals surface area contributed by atoms with Crippen LogP contribution in [0.25, 0.3) is 0 Å². The number of hydrogen-bond acceptors (Lipinski definition) is 4. The van der Waals surface area contributed by atoms with Crippen molar-refractivity contribution in [3.8, 4) is 0 Å². The number of nitrogens with zero attached hydrogens (tertiary/aromatic N) is 2. The Bertz CT molecular complexity index is 439. The van der Waals surface area contributed by atoms with E-state index in [4.69, 9.17) is 9.72 Å². The summed E-state index contributed by atoms with van der Waals surface area (Å²) in [4.78, 5) is 7.24. The van der Waals surface area contributed by atoms with Gasteiger partial charge in [0.2, 0.25) is 0 Å². The molecule has 4 heteroatoms. The highest BCUT2D eigenvalue weighted by atomic mass is 16.5. The molecule has 3 heterocycles. The number of pyridine rings is 1. The summed E-state index contributed by atoms with van der Waals surface area (Å²) in [6, 6.07) is 4.37. The van der Waals surface area contributed by atoms with E-state index < -0.39 is 0 Å². The molecule has 1 N–H and O–H groups in total. The predicted molar refractivity (Wildman–Crippen MR) is 72.0 cm³/mol. The molecule has 4 nitrogen and oxygen atoms in total. The normalized spacial score (nSPS) is 22.7. The predicted octanol–water partition coefficient (Wildman–Crippen LogP) is 1.30. The Morgan fingerprint density at radius 3 is 2.83 bits per heavy atom. The quantitative estimate of drug-likeness (QED) is 0.811. The second-order valence-electron chi connectivity index (χ2n) is 5.76. The van der Waals surface area contributed by atoms with Crippen LogP contribution in [0.2, 0.25) is 0 Å². The minimum Gasteiger partial charge on any atom is -0.378 e. The summed E-state index contributed by atoms with van der Waals surface area (Å²) in [5.74, 6) is 1.10. The average molecular weight is 247 g/mol. The Balaban J connectivity index is 1.93. The maximum absolute atomic E-state index is 5.40. The Labute approximate surface area is 108 Å². The van der Waals surface area contributed by atoms with E-state index in [1.165, 1.54) is 11.3 Å². The lowest BCUT2D eigenvalue weighted by atomic mass is 9.83. The van der Waals surface area contributed by atoms with Crippen molar-refractivity contribution < 1.29 is 4.74 Å². The molecule has 2 aliphatic heterocycles. The lowest BCUT2D eigenvalue weighted by Gasteiger charge is -2.34. The zero-order valence-corrected chi connectivity index (χ0v) is 11.2. The Morgan fingerprint density at radius 2 is 2.06 bits per heavy atom. The molecule has 0 radical (unpaired) electrons. The molecule has 0 spiro atoms. The summed E-state index contributed by atoms with van der Waals surface area (Å²) in [5.41, 5.74) is 2.71. The van der Waals surface area contributed by atoms with Crippen LogP contribution in [-0.4, -0.2) is 37.8 Å². The van der Waals surface area contributed by atoms with Gasteiger partial charge in [-0.25, -0.2) is 4.98 Å². The Hall–Kier alpha value is -1.13. The number of nitrogens with one attached hydrogen (secondary N) is 1. The molecule has 0 bridgehead atoms. The van der Waals surface area contributed by atoms with E-state index in [2.05, 4.69) is 36.2 Å². The fourth-order valence-corrected chi connectivity index (χ4v) is 2.77. The summed E-state index contributed by atoms with van der Waals surface area (Å²) in [7, 11) is 0. The van der Waals surface area contributed by atoms with E-state index in [0.29, 0.717) is 0 Å². The van der Waals surface area contributed by atoms with Gasteiger partial charge >= 0.3 is 0 Å². The van der Waals surface area contributed by atoms with Gasteiger partial charge in [-0.1, -0.05) is 19.9 Å². The molecule has 18 heavy (non-hydrogen) atoms. The summed E-state index contributed by atoms with van der Waals surface area (Å²) < 4.78 is 5.40. The molecule has 0 atom stereocenters. The van der Waals surface area contributed by atoms with Gasteiger partial charge in [-0.2, -0.15) is 0 Å². The number of anilines is 1. The van der Waals surface area contributed by atoms with Gasteiger partial charge in [0.15, 0.2) is 0 Å². The first-order valence-electron chi connectivity index (χ1n) is 6.71. The number of rotatable bonds is 1. The number of ether oxygens (including phenoxy) is 1. The van der Waals surface area contributed by atoms with Crippen LogP contribution in [0.4, 0.5) is 5.82 Å². The number of morpholine rings is 1. The molecule has 1 fully saturated rings. The summed E-state index contributed by atoms with van der Waals surface area (Å²) in [6.07, 6.45) is 0. The molecule has 1 saturated heterocycles. The molecular formula is C14H21N3O. The van der Waals surface area contributed by atoms with E-state index in [9.17, 15) is 0 Å². The molecule has 98 valence electrons. The first-order chi connectivity index (χ1) is 8.67. The second-order valence-corrected chi connectivity index (χ2v) is 5.76. The van der Waals surface area contributed by atoms with Crippen LogP contribution in [-0.2, 0) is 16.7 Å². The van der Waals surface area contributed by atoms with Gasteiger partial charge < -0.3 is 15.0 Å². The zero-order chi connectivity index (χ0) is 12.6. The third kappa shape index (κ3) is 2.10. The number of hydrogen-bond donors (Lipinski definition) is 1. The van der Waals surface area contributed by atoms with Gasteiger partial charge in [0.1, 0.15) is 5.82 Å². The average Bonchev–Trinajstić information content (AvgIpc) is 2.39. The Kier molecular flexibility index (Phi) is 2.99. The van der Waals surface area contributed by atoms with Gasteiger partial charge in [-0.3, -0.25) is 0 Å². The highest BCUT2D eigenvalue weighted by Crippen LogP contribution is 2.29. The van der Waals surface area contributed by atoms with Crippen LogP contribution in [0, 0.1) is 0 Å². The maximum Gasteiger partial charge on any atom is 0.129 e. The van der Waals surface area contributed by atoms with Gasteiger partial charge in [0.05, 0.1) is 18.9 Å². The van der Waals surface area contributed by atoms with Crippen LogP contribution in [0.1, 0.15) is 25.1 Å². The Morgan fingerprint density at radius 1 is 1.28 bits per heavy atom. The summed E-state index contributed by atoms with van der Waals surface area (Å²) >= 11 is 0. The minimum atomic E-state index is 0.121. The molecule has 1 aromatic rings. The van der Waals surface area contributed by atoms with Crippen molar-refractivity contribution in [1.82, 2.24) is 10.3 Å². The van der Waals surface area contributed by atoms with E-state index in [1.54, 1.807) is 0 Å². The van der Waals surface area contributed by atoms with Crippen molar-refractivity contribution in [2.24, 2.45) is 0 Å². The van der Waals surface area contributed by atoms with Crippen molar-refractivity contribution in [2.45, 2.75) is 25.8 Å².